The number of benzene rings is 1. The highest BCUT2D eigenvalue weighted by molar-refractivity contribution is 9.10. The van der Waals surface area contributed by atoms with Crippen molar-refractivity contribution in [1.29, 1.82) is 0 Å². The first kappa shape index (κ1) is 13.9. The number of fused-ring (bicyclic) bond motifs is 1. The number of anilines is 1. The molecule has 3 rings (SSSR count). The summed E-state index contributed by atoms with van der Waals surface area (Å²) in [5.74, 6) is 0.692. The van der Waals surface area contributed by atoms with Crippen LogP contribution in [0.5, 0.6) is 0 Å². The van der Waals surface area contributed by atoms with Crippen molar-refractivity contribution in [3.05, 3.63) is 40.2 Å². The van der Waals surface area contributed by atoms with Crippen molar-refractivity contribution in [1.82, 2.24) is 9.97 Å². The number of nitrogens with zero attached hydrogens (tertiary/aromatic N) is 2. The van der Waals surface area contributed by atoms with Gasteiger partial charge in [-0.05, 0) is 46.4 Å². The van der Waals surface area contributed by atoms with Crippen molar-refractivity contribution in [2.24, 2.45) is 0 Å². The van der Waals surface area contributed by atoms with E-state index in [1.807, 2.05) is 25.1 Å². The lowest BCUT2D eigenvalue weighted by atomic mass is 10.4. The smallest absolute Gasteiger partial charge is 0.225 e. The van der Waals surface area contributed by atoms with Gasteiger partial charge < -0.3 is 5.32 Å². The van der Waals surface area contributed by atoms with E-state index >= 15 is 0 Å². The van der Waals surface area contributed by atoms with Crippen LogP contribution < -0.4 is 5.32 Å². The Labute approximate surface area is 134 Å². The quantitative estimate of drug-likeness (QED) is 0.657. The average molecular weight is 366 g/mol. The molecule has 3 aromatic rings. The van der Waals surface area contributed by atoms with E-state index in [-0.39, 0.29) is 0 Å². The van der Waals surface area contributed by atoms with Crippen molar-refractivity contribution < 1.29 is 0 Å². The van der Waals surface area contributed by atoms with Crippen LogP contribution in [0.4, 0.5) is 5.95 Å². The van der Waals surface area contributed by atoms with Crippen molar-refractivity contribution in [3.8, 4) is 0 Å². The third-order valence-electron chi connectivity index (χ3n) is 2.67. The summed E-state index contributed by atoms with van der Waals surface area (Å²) in [6, 6.07) is 10.2. The molecule has 1 aromatic carbocycles. The Balaban J connectivity index is 2.05. The number of halogens is 1. The Morgan fingerprint density at radius 3 is 2.90 bits per heavy atom. The maximum absolute atomic E-state index is 4.63. The molecule has 0 aliphatic carbocycles. The van der Waals surface area contributed by atoms with Gasteiger partial charge in [-0.3, -0.25) is 0 Å². The lowest BCUT2D eigenvalue weighted by Crippen LogP contribution is -2.02. The van der Waals surface area contributed by atoms with Crippen LogP contribution in [0.1, 0.15) is 6.92 Å². The molecule has 0 fully saturated rings. The number of hydrogen-bond acceptors (Lipinski definition) is 5. The van der Waals surface area contributed by atoms with Gasteiger partial charge in [-0.15, -0.1) is 11.3 Å². The second-order valence-corrected chi connectivity index (χ2v) is 6.83. The molecule has 2 heterocycles. The summed E-state index contributed by atoms with van der Waals surface area (Å²) in [5.41, 5.74) is 0. The third-order valence-corrected chi connectivity index (χ3v) is 5.51. The van der Waals surface area contributed by atoms with Crippen LogP contribution in [-0.4, -0.2) is 16.5 Å². The number of rotatable bonds is 4. The minimum Gasteiger partial charge on any atom is -0.354 e. The molecule has 1 N–H and O–H groups in total. The lowest BCUT2D eigenvalue weighted by molar-refractivity contribution is 1.05. The molecule has 0 bridgehead atoms. The van der Waals surface area contributed by atoms with Crippen LogP contribution in [0.3, 0.4) is 0 Å². The molecule has 0 aliphatic heterocycles. The van der Waals surface area contributed by atoms with Crippen molar-refractivity contribution in [2.75, 3.05) is 11.9 Å². The zero-order valence-electron chi connectivity index (χ0n) is 10.8. The molecule has 0 unspecified atom stereocenters. The predicted octanol–water partition coefficient (Wildman–Crippen LogP) is 5.04. The Bertz CT molecular complexity index is 742. The molecule has 20 heavy (non-hydrogen) atoms. The fourth-order valence-corrected chi connectivity index (χ4v) is 4.06. The first-order valence-corrected chi connectivity index (χ1v) is 8.68. The van der Waals surface area contributed by atoms with Crippen LogP contribution >= 0.6 is 39.0 Å². The van der Waals surface area contributed by atoms with Gasteiger partial charge in [0.05, 0.1) is 0 Å². The minimum atomic E-state index is 0.692. The first-order valence-electron chi connectivity index (χ1n) is 6.19. The van der Waals surface area contributed by atoms with E-state index in [4.69, 9.17) is 0 Å². The molecule has 0 atom stereocenters. The zero-order valence-corrected chi connectivity index (χ0v) is 14.0. The van der Waals surface area contributed by atoms with Gasteiger partial charge in [0, 0.05) is 21.3 Å². The molecule has 102 valence electrons. The van der Waals surface area contributed by atoms with Crippen LogP contribution in [-0.2, 0) is 0 Å². The summed E-state index contributed by atoms with van der Waals surface area (Å²) in [5, 5.41) is 7.34. The molecule has 0 spiro atoms. The molecule has 0 saturated carbocycles. The molecule has 3 nitrogen and oxygen atoms in total. The Morgan fingerprint density at radius 1 is 1.25 bits per heavy atom. The van der Waals surface area contributed by atoms with Gasteiger partial charge in [-0.2, -0.15) is 0 Å². The molecule has 0 aliphatic rings. The number of nitrogens with one attached hydrogen (secondary N) is 1. The zero-order chi connectivity index (χ0) is 13.9. The number of aromatic nitrogens is 2. The summed E-state index contributed by atoms with van der Waals surface area (Å²) in [7, 11) is 0. The van der Waals surface area contributed by atoms with Gasteiger partial charge in [-0.1, -0.05) is 23.9 Å². The van der Waals surface area contributed by atoms with E-state index in [1.165, 1.54) is 0 Å². The molecule has 6 heteroatoms. The Hall–Kier alpha value is -1.11. The van der Waals surface area contributed by atoms with Gasteiger partial charge in [0.25, 0.3) is 0 Å². The van der Waals surface area contributed by atoms with Crippen LogP contribution in [0.2, 0.25) is 0 Å². The largest absolute Gasteiger partial charge is 0.354 e. The number of thiophene rings is 1. The molecular weight excluding hydrogens is 354 g/mol. The minimum absolute atomic E-state index is 0.692. The highest BCUT2D eigenvalue weighted by Gasteiger charge is 2.11. The Morgan fingerprint density at radius 2 is 2.10 bits per heavy atom. The standard InChI is InChI=1S/C14H12BrN3S2/c1-2-16-14-17-12-9(7-8-19-12)13(18-14)20-11-6-4-3-5-10(11)15/h3-8H,2H2,1H3,(H,16,17,18). The first-order chi connectivity index (χ1) is 9.78. The molecule has 0 radical (unpaired) electrons. The topological polar surface area (TPSA) is 37.8 Å². The van der Waals surface area contributed by atoms with Gasteiger partial charge >= 0.3 is 0 Å². The fraction of sp³-hybridized carbons (Fsp3) is 0.143. The maximum atomic E-state index is 4.63. The van der Waals surface area contributed by atoms with Crippen molar-refractivity contribution in [2.45, 2.75) is 16.8 Å². The van der Waals surface area contributed by atoms with E-state index < -0.39 is 0 Å². The highest BCUT2D eigenvalue weighted by atomic mass is 79.9. The molecule has 0 saturated heterocycles. The van der Waals surface area contributed by atoms with E-state index in [9.17, 15) is 0 Å². The monoisotopic (exact) mass is 365 g/mol. The summed E-state index contributed by atoms with van der Waals surface area (Å²) < 4.78 is 1.08. The number of hydrogen-bond donors (Lipinski definition) is 1. The lowest BCUT2D eigenvalue weighted by Gasteiger charge is -2.07. The second kappa shape index (κ2) is 6.11. The summed E-state index contributed by atoms with van der Waals surface area (Å²) >= 11 is 6.88. The van der Waals surface area contributed by atoms with E-state index in [0.29, 0.717) is 5.95 Å². The van der Waals surface area contributed by atoms with E-state index in [1.54, 1.807) is 23.1 Å². The van der Waals surface area contributed by atoms with Crippen LogP contribution in [0.15, 0.2) is 50.1 Å². The fourth-order valence-electron chi connectivity index (χ4n) is 1.77. The summed E-state index contributed by atoms with van der Waals surface area (Å²) in [6.45, 7) is 2.86. The summed E-state index contributed by atoms with van der Waals surface area (Å²) in [6.07, 6.45) is 0. The van der Waals surface area contributed by atoms with Gasteiger partial charge in [0.1, 0.15) is 9.86 Å². The third kappa shape index (κ3) is 2.82. The van der Waals surface area contributed by atoms with Crippen molar-refractivity contribution in [3.63, 3.8) is 0 Å². The van der Waals surface area contributed by atoms with E-state index in [2.05, 4.69) is 48.7 Å². The van der Waals surface area contributed by atoms with Crippen molar-refractivity contribution >= 4 is 55.2 Å². The maximum Gasteiger partial charge on any atom is 0.225 e. The normalized spacial score (nSPS) is 10.9. The molecule has 2 aromatic heterocycles. The predicted molar refractivity (Wildman–Crippen MR) is 89.8 cm³/mol. The van der Waals surface area contributed by atoms with Crippen LogP contribution in [0, 0.1) is 0 Å². The molecular formula is C14H12BrN3S2. The van der Waals surface area contributed by atoms with Gasteiger partial charge in [-0.25, -0.2) is 9.97 Å². The highest BCUT2D eigenvalue weighted by Crippen LogP contribution is 2.37. The Kier molecular flexibility index (Phi) is 4.24. The van der Waals surface area contributed by atoms with E-state index in [0.717, 1.165) is 31.2 Å². The molecule has 0 amide bonds. The summed E-state index contributed by atoms with van der Waals surface area (Å²) in [4.78, 5) is 11.3. The van der Waals surface area contributed by atoms with Gasteiger partial charge in [0.15, 0.2) is 0 Å². The SMILES string of the molecule is CCNc1nc(Sc2ccccc2Br)c2ccsc2n1. The van der Waals surface area contributed by atoms with Crippen LogP contribution in [0.25, 0.3) is 10.2 Å². The average Bonchev–Trinajstić information content (AvgIpc) is 2.90. The van der Waals surface area contributed by atoms with Gasteiger partial charge in [0.2, 0.25) is 5.95 Å². The second-order valence-electron chi connectivity index (χ2n) is 4.05.